The Morgan fingerprint density at radius 1 is 0.674 bits per heavy atom. The highest BCUT2D eigenvalue weighted by Crippen LogP contribution is 2.75. The number of phosphoric ester groups is 2. The zero-order valence-corrected chi connectivity index (χ0v) is 29.5. The summed E-state index contributed by atoms with van der Waals surface area (Å²) in [5.41, 5.74) is 8.18. The first-order valence-electron chi connectivity index (χ1n) is 13.1. The maximum Gasteiger partial charge on any atom is 0.490 e. The molecule has 0 aromatic heterocycles. The van der Waals surface area contributed by atoms with E-state index in [9.17, 15) is 61.9 Å². The van der Waals surface area contributed by atoms with Crippen LogP contribution in [0.3, 0.4) is 0 Å². The molecule has 24 nitrogen and oxygen atoms in total. The van der Waals surface area contributed by atoms with Gasteiger partial charge in [0.05, 0.1) is 25.4 Å². The molecule has 0 bridgehead atoms. The van der Waals surface area contributed by atoms with Crippen molar-refractivity contribution >= 4 is 46.9 Å². The van der Waals surface area contributed by atoms with Crippen molar-refractivity contribution < 1.29 is 97.2 Å². The van der Waals surface area contributed by atoms with Crippen molar-refractivity contribution in [3.8, 4) is 0 Å². The average molecular weight is 793 g/mol. The van der Waals surface area contributed by atoms with Gasteiger partial charge in [0.25, 0.3) is 0 Å². The van der Waals surface area contributed by atoms with Crippen molar-refractivity contribution in [2.45, 2.75) is 83.0 Å². The lowest BCUT2D eigenvalue weighted by Crippen LogP contribution is -2.26. The summed E-state index contributed by atoms with van der Waals surface area (Å²) < 4.78 is 104. The molecular formula is C16H37N3O21P6. The molecule has 0 spiro atoms. The third-order valence-corrected chi connectivity index (χ3v) is 14.6. The van der Waals surface area contributed by atoms with Gasteiger partial charge in [0, 0.05) is 17.9 Å². The molecule has 1 fully saturated rings. The van der Waals surface area contributed by atoms with Crippen LogP contribution in [0.2, 0.25) is 0 Å². The van der Waals surface area contributed by atoms with E-state index in [-0.39, 0.29) is 12.8 Å². The number of rotatable bonds is 25. The first-order valence-corrected chi connectivity index (χ1v) is 22.1. The molecule has 272 valence electrons. The molecule has 1 rings (SSSR count). The van der Waals surface area contributed by atoms with Crippen LogP contribution in [0.1, 0.15) is 64.7 Å². The van der Waals surface area contributed by atoms with Gasteiger partial charge in [-0.1, -0.05) is 43.6 Å². The Labute approximate surface area is 262 Å². The average Bonchev–Trinajstić information content (AvgIpc) is 3.16. The van der Waals surface area contributed by atoms with E-state index in [2.05, 4.69) is 40.6 Å². The van der Waals surface area contributed by atoms with Crippen molar-refractivity contribution in [2.75, 3.05) is 19.8 Å². The van der Waals surface area contributed by atoms with Crippen LogP contribution in [-0.4, -0.2) is 72.5 Å². The smallest absolute Gasteiger partial charge is 0.390 e. The molecular weight excluding hydrogens is 756 g/mol. The lowest BCUT2D eigenvalue weighted by Gasteiger charge is -2.21. The van der Waals surface area contributed by atoms with Gasteiger partial charge < -0.3 is 39.2 Å². The highest BCUT2D eigenvalue weighted by molar-refractivity contribution is 7.72. The van der Waals surface area contributed by atoms with E-state index in [0.717, 1.165) is 32.1 Å². The summed E-state index contributed by atoms with van der Waals surface area (Å²) in [4.78, 5) is 60.0. The fourth-order valence-corrected chi connectivity index (χ4v) is 11.4. The molecule has 46 heavy (non-hydrogen) atoms. The van der Waals surface area contributed by atoms with Gasteiger partial charge in [0.15, 0.2) is 0 Å². The molecule has 1 heterocycles. The molecule has 1 aliphatic heterocycles. The summed E-state index contributed by atoms with van der Waals surface area (Å²) in [6.45, 7) is 0.646. The normalized spacial score (nSPS) is 26.4. The Morgan fingerprint density at radius 3 is 1.48 bits per heavy atom. The van der Waals surface area contributed by atoms with Crippen LogP contribution in [0.4, 0.5) is 0 Å². The molecule has 1 aliphatic rings. The number of aliphatic hydroxyl groups is 1. The van der Waals surface area contributed by atoms with Gasteiger partial charge in [-0.25, -0.2) is 27.4 Å². The third kappa shape index (κ3) is 20.6. The van der Waals surface area contributed by atoms with Gasteiger partial charge in [0.2, 0.25) is 0 Å². The van der Waals surface area contributed by atoms with E-state index in [4.69, 9.17) is 10.3 Å². The van der Waals surface area contributed by atoms with Crippen molar-refractivity contribution in [2.24, 2.45) is 5.11 Å². The summed E-state index contributed by atoms with van der Waals surface area (Å²) in [6, 6.07) is 0. The van der Waals surface area contributed by atoms with Crippen LogP contribution in [-0.2, 0) is 62.7 Å². The molecule has 0 radical (unpaired) electrons. The highest BCUT2D eigenvalue weighted by Gasteiger charge is 2.49. The van der Waals surface area contributed by atoms with Gasteiger partial charge in [-0.2, -0.15) is 21.6 Å². The van der Waals surface area contributed by atoms with Crippen molar-refractivity contribution in [3.63, 3.8) is 0 Å². The minimum atomic E-state index is -6.36. The zero-order valence-electron chi connectivity index (χ0n) is 24.1. The van der Waals surface area contributed by atoms with Crippen LogP contribution in [0, 0.1) is 0 Å². The van der Waals surface area contributed by atoms with Gasteiger partial charge in [-0.3, -0.25) is 9.05 Å². The van der Waals surface area contributed by atoms with Crippen LogP contribution >= 0.6 is 46.9 Å². The van der Waals surface area contributed by atoms with Crippen LogP contribution < -0.4 is 0 Å². The fraction of sp³-hybridized carbons (Fsp3) is 1.00. The Balaban J connectivity index is 2.51. The molecule has 1 saturated heterocycles. The summed E-state index contributed by atoms with van der Waals surface area (Å²) >= 11 is 0. The Kier molecular flexibility index (Phi) is 18.7. The summed E-state index contributed by atoms with van der Waals surface area (Å²) in [5, 5.41) is 13.1. The second kappa shape index (κ2) is 19.5. The summed E-state index contributed by atoms with van der Waals surface area (Å²) in [5.74, 6) is 0. The second-order valence-electron chi connectivity index (χ2n) is 9.42. The molecule has 9 atom stereocenters. The highest BCUT2D eigenvalue weighted by atomic mass is 31.3. The van der Waals surface area contributed by atoms with E-state index < -0.39 is 78.5 Å². The van der Waals surface area contributed by atoms with E-state index in [1.54, 1.807) is 6.92 Å². The number of hydrogen-bond acceptors (Lipinski definition) is 16. The zero-order chi connectivity index (χ0) is 35.3. The Bertz CT molecular complexity index is 1310. The van der Waals surface area contributed by atoms with E-state index >= 15 is 0 Å². The topological polar surface area (TPSA) is 367 Å². The van der Waals surface area contributed by atoms with Crippen molar-refractivity contribution in [3.05, 3.63) is 10.4 Å². The molecule has 0 amide bonds. The molecule has 7 N–H and O–H groups in total. The van der Waals surface area contributed by atoms with E-state index in [0.29, 0.717) is 19.4 Å². The predicted octanol–water partition coefficient (Wildman–Crippen LogP) is 4.67. The quantitative estimate of drug-likeness (QED) is 0.0217. The third-order valence-electron chi connectivity index (χ3n) is 5.31. The SMILES string of the molecule is C[C@@H]1CC(O)[C@H](COP(=O)(O)OP(=O)(O)OP(=O)(O)OP(=O)(O)OP(=O)(O)OP(=O)(O)OCCCCCCCCCCN=[N+]=[N-])O1. The number of aliphatic hydroxyl groups excluding tert-OH is 1. The standard InChI is InChI=1S/C16H37N3O21P6/c1-14-12-15(20)16(35-14)13-34-42(23,24)37-44(27,28)39-46(31,32)40-45(29,30)38-43(25,26)36-41(21,22)33-11-9-7-5-3-2-4-6-8-10-18-19-17/h14-16,20H,2-13H2,1H3,(H,21,22)(H,23,24)(H,25,26)(H,27,28)(H,29,30)(H,31,32)/t14-,15?,16+/m1/s1. The van der Waals surface area contributed by atoms with Gasteiger partial charge in [-0.15, -0.1) is 0 Å². The number of ether oxygens (including phenoxy) is 1. The monoisotopic (exact) mass is 793 g/mol. The number of nitrogens with zero attached hydrogens (tertiary/aromatic N) is 3. The van der Waals surface area contributed by atoms with Crippen LogP contribution in [0.5, 0.6) is 0 Å². The fourth-order valence-electron chi connectivity index (χ4n) is 3.58. The summed E-state index contributed by atoms with van der Waals surface area (Å²) in [7, 11) is -36.0. The van der Waals surface area contributed by atoms with E-state index in [1.807, 2.05) is 0 Å². The maximum atomic E-state index is 12.0. The molecule has 0 aliphatic carbocycles. The Hall–Kier alpha value is 0.0900. The van der Waals surface area contributed by atoms with Gasteiger partial charge in [-0.05, 0) is 25.3 Å². The van der Waals surface area contributed by atoms with Crippen molar-refractivity contribution in [1.82, 2.24) is 0 Å². The Morgan fingerprint density at radius 2 is 1.07 bits per heavy atom. The largest absolute Gasteiger partial charge is 0.490 e. The molecule has 0 aromatic carbocycles. The predicted molar refractivity (Wildman–Crippen MR) is 152 cm³/mol. The molecule has 30 heteroatoms. The molecule has 7 unspecified atom stereocenters. The minimum absolute atomic E-state index is 0.125. The number of phosphoric acid groups is 6. The van der Waals surface area contributed by atoms with Crippen molar-refractivity contribution in [1.29, 1.82) is 0 Å². The van der Waals surface area contributed by atoms with Crippen LogP contribution in [0.15, 0.2) is 5.11 Å². The minimum Gasteiger partial charge on any atom is -0.390 e. The van der Waals surface area contributed by atoms with Gasteiger partial charge >= 0.3 is 46.9 Å². The maximum absolute atomic E-state index is 12.0. The number of hydrogen-bond donors (Lipinski definition) is 7. The van der Waals surface area contributed by atoms with Crippen LogP contribution in [0.25, 0.3) is 10.4 Å². The van der Waals surface area contributed by atoms with E-state index in [1.165, 1.54) is 0 Å². The molecule has 0 aromatic rings. The number of azide groups is 1. The second-order valence-corrected chi connectivity index (χ2v) is 18.8. The first kappa shape index (κ1) is 44.1. The lowest BCUT2D eigenvalue weighted by molar-refractivity contribution is -0.0167. The first-order chi connectivity index (χ1) is 21.0. The summed E-state index contributed by atoms with van der Waals surface area (Å²) in [6.07, 6.45) is 3.05. The number of unbranched alkanes of at least 4 members (excludes halogenated alkanes) is 7. The molecule has 0 saturated carbocycles. The van der Waals surface area contributed by atoms with Gasteiger partial charge in [0.1, 0.15) is 6.10 Å². The lowest BCUT2D eigenvalue weighted by atomic mass is 10.1.